The SMILES string of the molecule is c1ccc(COc2ccc3nc4c(cc3c2)CCCC4)cc1. The Morgan fingerprint density at radius 1 is 0.909 bits per heavy atom. The van der Waals surface area contributed by atoms with Crippen LogP contribution in [0.3, 0.4) is 0 Å². The largest absolute Gasteiger partial charge is 0.489 e. The number of benzene rings is 2. The first-order chi connectivity index (χ1) is 10.9. The van der Waals surface area contributed by atoms with Gasteiger partial charge >= 0.3 is 0 Å². The number of fused-ring (bicyclic) bond motifs is 2. The van der Waals surface area contributed by atoms with Crippen LogP contribution >= 0.6 is 0 Å². The van der Waals surface area contributed by atoms with Crippen LogP contribution in [-0.2, 0) is 19.4 Å². The summed E-state index contributed by atoms with van der Waals surface area (Å²) in [6, 6.07) is 18.8. The monoisotopic (exact) mass is 289 g/mol. The van der Waals surface area contributed by atoms with Gasteiger partial charge in [-0.15, -0.1) is 0 Å². The van der Waals surface area contributed by atoms with E-state index < -0.39 is 0 Å². The van der Waals surface area contributed by atoms with Crippen molar-refractivity contribution in [2.45, 2.75) is 32.3 Å². The van der Waals surface area contributed by atoms with E-state index in [0.29, 0.717) is 6.61 Å². The van der Waals surface area contributed by atoms with Crippen molar-refractivity contribution >= 4 is 10.9 Å². The number of aromatic nitrogens is 1. The number of aryl methyl sites for hydroxylation is 2. The summed E-state index contributed by atoms with van der Waals surface area (Å²) in [5, 5.41) is 1.19. The van der Waals surface area contributed by atoms with Crippen molar-refractivity contribution in [2.75, 3.05) is 0 Å². The van der Waals surface area contributed by atoms with E-state index in [1.807, 2.05) is 24.3 Å². The third-order valence-corrected chi connectivity index (χ3v) is 4.31. The molecule has 22 heavy (non-hydrogen) atoms. The zero-order valence-electron chi connectivity index (χ0n) is 12.6. The Hall–Kier alpha value is -2.35. The Kier molecular flexibility index (Phi) is 3.51. The lowest BCUT2D eigenvalue weighted by Crippen LogP contribution is -2.05. The average Bonchev–Trinajstić information content (AvgIpc) is 2.59. The van der Waals surface area contributed by atoms with Crippen LogP contribution in [0.4, 0.5) is 0 Å². The van der Waals surface area contributed by atoms with Crippen LogP contribution in [0.5, 0.6) is 5.75 Å². The van der Waals surface area contributed by atoms with Crippen LogP contribution in [-0.4, -0.2) is 4.98 Å². The molecule has 0 fully saturated rings. The van der Waals surface area contributed by atoms with Crippen LogP contribution in [0.15, 0.2) is 54.6 Å². The van der Waals surface area contributed by atoms with Crippen molar-refractivity contribution in [2.24, 2.45) is 0 Å². The van der Waals surface area contributed by atoms with Crippen molar-refractivity contribution in [3.05, 3.63) is 71.4 Å². The van der Waals surface area contributed by atoms with Crippen LogP contribution in [0.25, 0.3) is 10.9 Å². The minimum atomic E-state index is 0.602. The molecule has 4 rings (SSSR count). The summed E-state index contributed by atoms with van der Waals surface area (Å²) in [4.78, 5) is 4.82. The highest BCUT2D eigenvalue weighted by atomic mass is 16.5. The molecule has 2 heteroatoms. The third-order valence-electron chi connectivity index (χ3n) is 4.31. The minimum absolute atomic E-state index is 0.602. The quantitative estimate of drug-likeness (QED) is 0.697. The lowest BCUT2D eigenvalue weighted by atomic mass is 9.95. The average molecular weight is 289 g/mol. The van der Waals surface area contributed by atoms with Gasteiger partial charge in [-0.05, 0) is 61.1 Å². The molecule has 0 unspecified atom stereocenters. The molecule has 110 valence electrons. The highest BCUT2D eigenvalue weighted by Crippen LogP contribution is 2.26. The van der Waals surface area contributed by atoms with Crippen molar-refractivity contribution in [1.82, 2.24) is 4.98 Å². The molecule has 0 saturated heterocycles. The molecule has 1 aliphatic carbocycles. The topological polar surface area (TPSA) is 22.1 Å². The van der Waals surface area contributed by atoms with E-state index in [-0.39, 0.29) is 0 Å². The molecule has 0 saturated carbocycles. The van der Waals surface area contributed by atoms with Gasteiger partial charge in [0.1, 0.15) is 12.4 Å². The first-order valence-corrected chi connectivity index (χ1v) is 7.98. The predicted octanol–water partition coefficient (Wildman–Crippen LogP) is 4.69. The Morgan fingerprint density at radius 3 is 2.68 bits per heavy atom. The third kappa shape index (κ3) is 2.69. The summed E-state index contributed by atoms with van der Waals surface area (Å²) < 4.78 is 5.92. The fourth-order valence-electron chi connectivity index (χ4n) is 3.11. The van der Waals surface area contributed by atoms with Gasteiger partial charge in [0, 0.05) is 11.1 Å². The Morgan fingerprint density at radius 2 is 1.77 bits per heavy atom. The normalized spacial score (nSPS) is 13.8. The van der Waals surface area contributed by atoms with Gasteiger partial charge in [-0.25, -0.2) is 0 Å². The van der Waals surface area contributed by atoms with Crippen molar-refractivity contribution < 1.29 is 4.74 Å². The first kappa shape index (κ1) is 13.3. The van der Waals surface area contributed by atoms with Gasteiger partial charge in [0.25, 0.3) is 0 Å². The van der Waals surface area contributed by atoms with Crippen LogP contribution in [0.2, 0.25) is 0 Å². The van der Waals surface area contributed by atoms with Crippen LogP contribution < -0.4 is 4.74 Å². The Bertz CT molecular complexity index is 795. The van der Waals surface area contributed by atoms with E-state index in [1.165, 1.54) is 35.0 Å². The van der Waals surface area contributed by atoms with Crippen molar-refractivity contribution in [3.63, 3.8) is 0 Å². The van der Waals surface area contributed by atoms with Gasteiger partial charge in [0.2, 0.25) is 0 Å². The van der Waals surface area contributed by atoms with E-state index >= 15 is 0 Å². The van der Waals surface area contributed by atoms with Gasteiger partial charge < -0.3 is 4.74 Å². The molecule has 0 bridgehead atoms. The molecule has 2 nitrogen and oxygen atoms in total. The first-order valence-electron chi connectivity index (χ1n) is 7.98. The van der Waals surface area contributed by atoms with Crippen molar-refractivity contribution in [1.29, 1.82) is 0 Å². The molecule has 1 aliphatic rings. The van der Waals surface area contributed by atoms with Gasteiger partial charge in [-0.3, -0.25) is 4.98 Å². The maximum absolute atomic E-state index is 5.92. The molecule has 0 spiro atoms. The standard InChI is InChI=1S/C20H19NO/c1-2-6-15(7-3-1)14-22-18-10-11-20-17(13-18)12-16-8-4-5-9-19(16)21-20/h1-3,6-7,10-13H,4-5,8-9,14H2. The molecule has 0 atom stereocenters. The molecule has 0 aliphatic heterocycles. The number of hydrogen-bond acceptors (Lipinski definition) is 2. The summed E-state index contributed by atoms with van der Waals surface area (Å²) in [7, 11) is 0. The van der Waals surface area contributed by atoms with Crippen molar-refractivity contribution in [3.8, 4) is 5.75 Å². The number of rotatable bonds is 3. The number of pyridine rings is 1. The summed E-state index contributed by atoms with van der Waals surface area (Å²) in [5.74, 6) is 0.911. The van der Waals surface area contributed by atoms with Gasteiger partial charge in [0.05, 0.1) is 5.52 Å². The van der Waals surface area contributed by atoms with E-state index in [2.05, 4.69) is 30.3 Å². The molecule has 0 amide bonds. The van der Waals surface area contributed by atoms with Gasteiger partial charge in [-0.2, -0.15) is 0 Å². The summed E-state index contributed by atoms with van der Waals surface area (Å²) in [6.45, 7) is 0.602. The van der Waals surface area contributed by atoms with E-state index in [9.17, 15) is 0 Å². The zero-order valence-corrected chi connectivity index (χ0v) is 12.6. The van der Waals surface area contributed by atoms with E-state index in [0.717, 1.165) is 24.1 Å². The second kappa shape index (κ2) is 5.80. The highest BCUT2D eigenvalue weighted by Gasteiger charge is 2.12. The molecule has 0 radical (unpaired) electrons. The molecular formula is C20H19NO. The summed E-state index contributed by atoms with van der Waals surface area (Å²) >= 11 is 0. The molecule has 1 aromatic heterocycles. The lowest BCUT2D eigenvalue weighted by molar-refractivity contribution is 0.306. The minimum Gasteiger partial charge on any atom is -0.489 e. The second-order valence-corrected chi connectivity index (χ2v) is 5.93. The Labute approximate surface area is 130 Å². The van der Waals surface area contributed by atoms with Gasteiger partial charge in [0.15, 0.2) is 0 Å². The number of ether oxygens (including phenoxy) is 1. The fraction of sp³-hybridized carbons (Fsp3) is 0.250. The van der Waals surface area contributed by atoms with E-state index in [1.54, 1.807) is 0 Å². The molecule has 2 aromatic carbocycles. The maximum Gasteiger partial charge on any atom is 0.120 e. The van der Waals surface area contributed by atoms with Crippen LogP contribution in [0, 0.1) is 0 Å². The summed E-state index contributed by atoms with van der Waals surface area (Å²) in [6.07, 6.45) is 4.83. The number of hydrogen-bond donors (Lipinski definition) is 0. The maximum atomic E-state index is 5.92. The number of nitrogens with zero attached hydrogens (tertiary/aromatic N) is 1. The summed E-state index contributed by atoms with van der Waals surface area (Å²) in [5.41, 5.74) is 4.97. The predicted molar refractivity (Wildman–Crippen MR) is 89.2 cm³/mol. The van der Waals surface area contributed by atoms with Gasteiger partial charge in [-0.1, -0.05) is 30.3 Å². The fourth-order valence-corrected chi connectivity index (χ4v) is 3.11. The molecule has 0 N–H and O–H groups in total. The zero-order chi connectivity index (χ0) is 14.8. The Balaban J connectivity index is 1.60. The highest BCUT2D eigenvalue weighted by molar-refractivity contribution is 5.81. The molecule has 3 aromatic rings. The molecule has 1 heterocycles. The second-order valence-electron chi connectivity index (χ2n) is 5.93. The smallest absolute Gasteiger partial charge is 0.120 e. The van der Waals surface area contributed by atoms with Crippen LogP contribution in [0.1, 0.15) is 29.7 Å². The molecular weight excluding hydrogens is 270 g/mol. The lowest BCUT2D eigenvalue weighted by Gasteiger charge is -2.15. The van der Waals surface area contributed by atoms with E-state index in [4.69, 9.17) is 9.72 Å².